The Balaban J connectivity index is 5.50. The van der Waals surface area contributed by atoms with Crippen LogP contribution in [0.15, 0.2) is 5.16 Å². The van der Waals surface area contributed by atoms with E-state index in [1.165, 1.54) is 0 Å². The average molecular weight is 333 g/mol. The van der Waals surface area contributed by atoms with Crippen LogP contribution >= 0.6 is 0 Å². The van der Waals surface area contributed by atoms with Gasteiger partial charge >= 0.3 is 23.9 Å². The van der Waals surface area contributed by atoms with Crippen LogP contribution in [0.4, 0.5) is 0 Å². The first-order valence-electron chi connectivity index (χ1n) is 6.50. The van der Waals surface area contributed by atoms with Crippen LogP contribution in [0.3, 0.4) is 0 Å². The van der Waals surface area contributed by atoms with Crippen molar-refractivity contribution in [3.63, 3.8) is 0 Å². The number of ether oxygens (including phenoxy) is 4. The van der Waals surface area contributed by atoms with Crippen LogP contribution < -0.4 is 0 Å². The molecule has 0 aliphatic rings. The Hall–Kier alpha value is -2.65. The van der Waals surface area contributed by atoms with Crippen molar-refractivity contribution < 1.29 is 43.3 Å². The van der Waals surface area contributed by atoms with Gasteiger partial charge in [0.25, 0.3) is 0 Å². The summed E-state index contributed by atoms with van der Waals surface area (Å²) >= 11 is 0. The molecule has 130 valence electrons. The van der Waals surface area contributed by atoms with Crippen molar-refractivity contribution in [2.75, 3.05) is 6.61 Å². The highest BCUT2D eigenvalue weighted by molar-refractivity contribution is 5.74. The summed E-state index contributed by atoms with van der Waals surface area (Å²) in [6, 6.07) is 0. The second kappa shape index (κ2) is 10.1. The van der Waals surface area contributed by atoms with Gasteiger partial charge in [0.05, 0.1) is 6.21 Å². The van der Waals surface area contributed by atoms with Crippen molar-refractivity contribution in [2.45, 2.75) is 46.0 Å². The predicted octanol–water partition coefficient (Wildman–Crippen LogP) is -0.195. The van der Waals surface area contributed by atoms with Crippen LogP contribution in [0, 0.1) is 0 Å². The lowest BCUT2D eigenvalue weighted by molar-refractivity contribution is -0.183. The molecule has 0 spiro atoms. The number of carbonyl (C=O) groups excluding carboxylic acids is 4. The molecule has 0 aliphatic heterocycles. The number of nitrogens with zero attached hydrogens (tertiary/aromatic N) is 1. The highest BCUT2D eigenvalue weighted by atomic mass is 16.6. The SMILES string of the molecule is CC(=O)OC[C@@H](OC(C)=O)[C@@H](OC(C)=O)[C@@H](/C=N/O)OC(C)=O. The van der Waals surface area contributed by atoms with Crippen molar-refractivity contribution in [1.82, 2.24) is 0 Å². The molecule has 0 aromatic rings. The largest absolute Gasteiger partial charge is 0.462 e. The number of oxime groups is 1. The van der Waals surface area contributed by atoms with Crippen molar-refractivity contribution in [1.29, 1.82) is 0 Å². The van der Waals surface area contributed by atoms with Gasteiger partial charge in [-0.1, -0.05) is 5.16 Å². The van der Waals surface area contributed by atoms with Crippen LogP contribution in [0.25, 0.3) is 0 Å². The van der Waals surface area contributed by atoms with Crippen LogP contribution in [0.1, 0.15) is 27.7 Å². The first-order valence-corrected chi connectivity index (χ1v) is 6.50. The molecule has 0 heterocycles. The summed E-state index contributed by atoms with van der Waals surface area (Å²) in [6.07, 6.45) is -3.24. The molecule has 0 saturated carbocycles. The summed E-state index contributed by atoms with van der Waals surface area (Å²) in [5, 5.41) is 11.4. The molecule has 23 heavy (non-hydrogen) atoms. The molecule has 0 aliphatic carbocycles. The predicted molar refractivity (Wildman–Crippen MR) is 73.6 cm³/mol. The summed E-state index contributed by atoms with van der Waals surface area (Å²) in [4.78, 5) is 44.5. The Morgan fingerprint density at radius 2 is 1.43 bits per heavy atom. The van der Waals surface area contributed by atoms with Gasteiger partial charge in [0.1, 0.15) is 6.61 Å². The minimum Gasteiger partial charge on any atom is -0.462 e. The van der Waals surface area contributed by atoms with Gasteiger partial charge in [-0.15, -0.1) is 0 Å². The van der Waals surface area contributed by atoms with E-state index in [0.29, 0.717) is 0 Å². The van der Waals surface area contributed by atoms with Gasteiger partial charge in [-0.2, -0.15) is 0 Å². The van der Waals surface area contributed by atoms with E-state index in [0.717, 1.165) is 33.9 Å². The smallest absolute Gasteiger partial charge is 0.303 e. The van der Waals surface area contributed by atoms with E-state index in [9.17, 15) is 19.2 Å². The zero-order chi connectivity index (χ0) is 18.0. The average Bonchev–Trinajstić information content (AvgIpc) is 2.39. The second-order valence-corrected chi connectivity index (χ2v) is 4.36. The molecule has 0 amide bonds. The lowest BCUT2D eigenvalue weighted by Gasteiger charge is -2.29. The number of hydrogen-bond acceptors (Lipinski definition) is 10. The van der Waals surface area contributed by atoms with E-state index in [1.54, 1.807) is 0 Å². The lowest BCUT2D eigenvalue weighted by atomic mass is 10.1. The Labute approximate surface area is 132 Å². The van der Waals surface area contributed by atoms with Crippen molar-refractivity contribution in [3.8, 4) is 0 Å². The number of hydrogen-bond donors (Lipinski definition) is 1. The standard InChI is InChI=1S/C13H19NO9/c1-7(15)20-6-12(22-9(3)17)13(23-10(4)18)11(5-14-19)21-8(2)16/h5,11-13,19H,6H2,1-4H3/b14-5+/t11-,12-,13+/m1/s1. The van der Waals surface area contributed by atoms with Crippen LogP contribution in [-0.4, -0.2) is 60.2 Å². The fourth-order valence-corrected chi connectivity index (χ4v) is 1.59. The quantitative estimate of drug-likeness (QED) is 0.210. The van der Waals surface area contributed by atoms with Crippen LogP contribution in [0.2, 0.25) is 0 Å². The van der Waals surface area contributed by atoms with Crippen LogP contribution in [-0.2, 0) is 38.1 Å². The van der Waals surface area contributed by atoms with E-state index in [-0.39, 0.29) is 0 Å². The van der Waals surface area contributed by atoms with Gasteiger partial charge in [0.2, 0.25) is 0 Å². The number of carbonyl (C=O) groups is 4. The Kier molecular flexibility index (Phi) is 8.97. The summed E-state index contributed by atoms with van der Waals surface area (Å²) in [7, 11) is 0. The maximum absolute atomic E-state index is 11.3. The van der Waals surface area contributed by atoms with Gasteiger partial charge in [0, 0.05) is 27.7 Å². The Bertz CT molecular complexity index is 474. The summed E-state index contributed by atoms with van der Waals surface area (Å²) in [5.74, 6) is -2.95. The fourth-order valence-electron chi connectivity index (χ4n) is 1.59. The monoisotopic (exact) mass is 333 g/mol. The van der Waals surface area contributed by atoms with Gasteiger partial charge in [0.15, 0.2) is 18.3 Å². The molecule has 0 aromatic carbocycles. The highest BCUT2D eigenvalue weighted by Gasteiger charge is 2.37. The topological polar surface area (TPSA) is 138 Å². The van der Waals surface area contributed by atoms with E-state index in [4.69, 9.17) is 24.2 Å². The van der Waals surface area contributed by atoms with Gasteiger partial charge in [-0.25, -0.2) is 0 Å². The fraction of sp³-hybridized carbons (Fsp3) is 0.615. The van der Waals surface area contributed by atoms with E-state index < -0.39 is 48.8 Å². The number of rotatable bonds is 8. The molecule has 0 unspecified atom stereocenters. The third-order valence-electron chi connectivity index (χ3n) is 2.28. The maximum Gasteiger partial charge on any atom is 0.303 e. The van der Waals surface area contributed by atoms with E-state index in [2.05, 4.69) is 5.16 Å². The first-order chi connectivity index (χ1) is 10.7. The molecule has 10 nitrogen and oxygen atoms in total. The third-order valence-corrected chi connectivity index (χ3v) is 2.28. The van der Waals surface area contributed by atoms with Gasteiger partial charge in [-0.05, 0) is 0 Å². The normalized spacial score (nSPS) is 14.4. The molecule has 0 bridgehead atoms. The maximum atomic E-state index is 11.3. The molecule has 0 saturated heterocycles. The van der Waals surface area contributed by atoms with Crippen molar-refractivity contribution in [3.05, 3.63) is 0 Å². The Morgan fingerprint density at radius 3 is 1.83 bits per heavy atom. The van der Waals surface area contributed by atoms with E-state index in [1.807, 2.05) is 0 Å². The molecule has 10 heteroatoms. The van der Waals surface area contributed by atoms with Crippen molar-refractivity contribution >= 4 is 30.1 Å². The molecule has 0 radical (unpaired) electrons. The zero-order valence-electron chi connectivity index (χ0n) is 13.2. The van der Waals surface area contributed by atoms with Gasteiger partial charge < -0.3 is 24.2 Å². The summed E-state index contributed by atoms with van der Waals surface area (Å²) in [5.41, 5.74) is 0. The molecular formula is C13H19NO9. The summed E-state index contributed by atoms with van der Waals surface area (Å²) < 4.78 is 19.5. The molecule has 1 N–H and O–H groups in total. The third kappa shape index (κ3) is 9.06. The molecular weight excluding hydrogens is 314 g/mol. The lowest BCUT2D eigenvalue weighted by Crippen LogP contribution is -2.48. The highest BCUT2D eigenvalue weighted by Crippen LogP contribution is 2.14. The molecule has 0 rings (SSSR count). The first kappa shape index (κ1) is 20.3. The van der Waals surface area contributed by atoms with Crippen LogP contribution in [0.5, 0.6) is 0 Å². The zero-order valence-corrected chi connectivity index (χ0v) is 13.2. The molecule has 0 aromatic heterocycles. The van der Waals surface area contributed by atoms with Crippen molar-refractivity contribution in [2.24, 2.45) is 5.16 Å². The summed E-state index contributed by atoms with van der Waals surface area (Å²) in [6.45, 7) is 3.92. The number of esters is 4. The minimum atomic E-state index is -1.38. The minimum absolute atomic E-state index is 0.454. The Morgan fingerprint density at radius 1 is 0.913 bits per heavy atom. The molecule has 0 fully saturated rings. The molecule has 3 atom stereocenters. The van der Waals surface area contributed by atoms with E-state index >= 15 is 0 Å². The second-order valence-electron chi connectivity index (χ2n) is 4.36. The van der Waals surface area contributed by atoms with Gasteiger partial charge in [-0.3, -0.25) is 19.2 Å².